The molecule has 3 aromatic rings. The Hall–Kier alpha value is -1.58. The minimum atomic E-state index is 0.627. The molecule has 1 saturated heterocycles. The van der Waals surface area contributed by atoms with Gasteiger partial charge in [-0.05, 0) is 55.3 Å². The Morgan fingerprint density at radius 3 is 2.52 bits per heavy atom. The van der Waals surface area contributed by atoms with Crippen molar-refractivity contribution in [1.82, 2.24) is 9.47 Å². The molecule has 1 aliphatic heterocycles. The largest absolute Gasteiger partial charge is 0.344 e. The van der Waals surface area contributed by atoms with E-state index in [0.717, 1.165) is 10.9 Å². The van der Waals surface area contributed by atoms with Gasteiger partial charge in [0.2, 0.25) is 0 Å². The van der Waals surface area contributed by atoms with Crippen LogP contribution in [0.15, 0.2) is 59.2 Å². The molecule has 3 heteroatoms. The van der Waals surface area contributed by atoms with Gasteiger partial charge in [0, 0.05) is 41.9 Å². The number of piperidine rings is 1. The number of halogens is 1. The van der Waals surface area contributed by atoms with Gasteiger partial charge in [0.25, 0.3) is 0 Å². The lowest BCUT2D eigenvalue weighted by Gasteiger charge is -2.33. The van der Waals surface area contributed by atoms with Crippen LogP contribution in [-0.4, -0.2) is 29.1 Å². The zero-order valence-corrected chi connectivity index (χ0v) is 16.4. The third-order valence-electron chi connectivity index (χ3n) is 5.47. The fraction of sp³-hybridized carbons (Fsp3) is 0.364. The van der Waals surface area contributed by atoms with Gasteiger partial charge in [0.05, 0.1) is 0 Å². The normalized spacial score (nSPS) is 16.6. The summed E-state index contributed by atoms with van der Waals surface area (Å²) in [4.78, 5) is 2.62. The van der Waals surface area contributed by atoms with Gasteiger partial charge in [0.15, 0.2) is 0 Å². The predicted molar refractivity (Wildman–Crippen MR) is 109 cm³/mol. The highest BCUT2D eigenvalue weighted by Crippen LogP contribution is 2.29. The lowest BCUT2D eigenvalue weighted by Crippen LogP contribution is -2.35. The number of hydrogen-bond donors (Lipinski definition) is 0. The van der Waals surface area contributed by atoms with Gasteiger partial charge in [-0.3, -0.25) is 0 Å². The number of hydrogen-bond acceptors (Lipinski definition) is 1. The summed E-state index contributed by atoms with van der Waals surface area (Å²) >= 11 is 3.61. The summed E-state index contributed by atoms with van der Waals surface area (Å²) in [6, 6.07) is 18.4. The number of benzene rings is 2. The maximum absolute atomic E-state index is 3.61. The lowest BCUT2D eigenvalue weighted by molar-refractivity contribution is 0.190. The fourth-order valence-corrected chi connectivity index (χ4v) is 4.25. The topological polar surface area (TPSA) is 8.17 Å². The van der Waals surface area contributed by atoms with E-state index in [1.165, 1.54) is 54.5 Å². The highest BCUT2D eigenvalue weighted by Gasteiger charge is 2.21. The molecule has 2 aromatic carbocycles. The molecule has 0 spiro atoms. The van der Waals surface area contributed by atoms with Crippen molar-refractivity contribution in [1.29, 1.82) is 0 Å². The molecule has 0 N–H and O–H groups in total. The van der Waals surface area contributed by atoms with E-state index in [1.807, 2.05) is 0 Å². The van der Waals surface area contributed by atoms with E-state index in [4.69, 9.17) is 0 Å². The van der Waals surface area contributed by atoms with Gasteiger partial charge >= 0.3 is 0 Å². The summed E-state index contributed by atoms with van der Waals surface area (Å²) in [5.41, 5.74) is 4.15. The first-order valence-electron chi connectivity index (χ1n) is 9.23. The Bertz CT molecular complexity index is 842. The minimum Gasteiger partial charge on any atom is -0.344 e. The first kappa shape index (κ1) is 16.9. The Labute approximate surface area is 158 Å². The highest BCUT2D eigenvalue weighted by molar-refractivity contribution is 9.10. The highest BCUT2D eigenvalue weighted by atomic mass is 79.9. The standard InChI is InChI=1S/C22H25BrN2/c1-17-2-4-18(5-3-17)8-12-24-13-10-21(11-14-24)25-15-9-19-6-7-20(23)16-22(19)25/h2-7,9,15-16,21H,8,10-14H2,1H3. The molecular formula is C22H25BrN2. The zero-order valence-electron chi connectivity index (χ0n) is 14.8. The smallest absolute Gasteiger partial charge is 0.0494 e. The summed E-state index contributed by atoms with van der Waals surface area (Å²) in [5, 5.41) is 1.34. The summed E-state index contributed by atoms with van der Waals surface area (Å²) in [5.74, 6) is 0. The molecule has 0 atom stereocenters. The van der Waals surface area contributed by atoms with Gasteiger partial charge in [-0.1, -0.05) is 51.8 Å². The van der Waals surface area contributed by atoms with Crippen molar-refractivity contribution in [3.63, 3.8) is 0 Å². The minimum absolute atomic E-state index is 0.627. The maximum atomic E-state index is 3.61. The molecular weight excluding hydrogens is 372 g/mol. The molecule has 2 heterocycles. The molecule has 1 fully saturated rings. The van der Waals surface area contributed by atoms with Crippen LogP contribution in [0.25, 0.3) is 10.9 Å². The van der Waals surface area contributed by atoms with Crippen LogP contribution in [0.1, 0.15) is 30.0 Å². The van der Waals surface area contributed by atoms with Gasteiger partial charge in [-0.2, -0.15) is 0 Å². The first-order valence-corrected chi connectivity index (χ1v) is 10.0. The molecule has 0 aliphatic carbocycles. The molecule has 130 valence electrons. The molecule has 0 amide bonds. The SMILES string of the molecule is Cc1ccc(CCN2CCC(n3ccc4ccc(Br)cc43)CC2)cc1. The van der Waals surface area contributed by atoms with Crippen molar-refractivity contribution < 1.29 is 0 Å². The summed E-state index contributed by atoms with van der Waals surface area (Å²) in [6.07, 6.45) is 5.91. The molecule has 0 unspecified atom stereocenters. The van der Waals surface area contributed by atoms with Crippen LogP contribution in [0, 0.1) is 6.92 Å². The predicted octanol–water partition coefficient (Wildman–Crippen LogP) is 5.59. The van der Waals surface area contributed by atoms with Crippen molar-refractivity contribution >= 4 is 26.8 Å². The average Bonchev–Trinajstić information content (AvgIpc) is 3.05. The number of rotatable bonds is 4. The Balaban J connectivity index is 1.36. The van der Waals surface area contributed by atoms with Crippen LogP contribution in [0.4, 0.5) is 0 Å². The second-order valence-electron chi connectivity index (χ2n) is 7.23. The molecule has 0 bridgehead atoms. The Morgan fingerprint density at radius 1 is 1.00 bits per heavy atom. The van der Waals surface area contributed by atoms with E-state index in [9.17, 15) is 0 Å². The number of likely N-dealkylation sites (tertiary alicyclic amines) is 1. The van der Waals surface area contributed by atoms with E-state index in [-0.39, 0.29) is 0 Å². The second kappa shape index (κ2) is 7.35. The van der Waals surface area contributed by atoms with Crippen molar-refractivity contribution in [2.75, 3.05) is 19.6 Å². The van der Waals surface area contributed by atoms with Crippen LogP contribution in [0.2, 0.25) is 0 Å². The van der Waals surface area contributed by atoms with E-state index in [0.29, 0.717) is 6.04 Å². The monoisotopic (exact) mass is 396 g/mol. The van der Waals surface area contributed by atoms with Gasteiger partial charge in [-0.15, -0.1) is 0 Å². The van der Waals surface area contributed by atoms with Gasteiger partial charge in [-0.25, -0.2) is 0 Å². The van der Waals surface area contributed by atoms with Crippen molar-refractivity contribution in [3.05, 3.63) is 70.3 Å². The first-order chi connectivity index (χ1) is 12.2. The molecule has 0 radical (unpaired) electrons. The average molecular weight is 397 g/mol. The Morgan fingerprint density at radius 2 is 1.76 bits per heavy atom. The molecule has 2 nitrogen and oxygen atoms in total. The maximum Gasteiger partial charge on any atom is 0.0494 e. The zero-order chi connectivity index (χ0) is 17.2. The molecule has 1 aliphatic rings. The van der Waals surface area contributed by atoms with Crippen LogP contribution in [0.5, 0.6) is 0 Å². The van der Waals surface area contributed by atoms with Crippen LogP contribution in [-0.2, 0) is 6.42 Å². The van der Waals surface area contributed by atoms with Crippen molar-refractivity contribution in [3.8, 4) is 0 Å². The summed E-state index contributed by atoms with van der Waals surface area (Å²) in [6.45, 7) is 5.72. The van der Waals surface area contributed by atoms with Gasteiger partial charge < -0.3 is 9.47 Å². The second-order valence-corrected chi connectivity index (χ2v) is 8.15. The molecule has 25 heavy (non-hydrogen) atoms. The lowest BCUT2D eigenvalue weighted by atomic mass is 10.0. The molecule has 4 rings (SSSR count). The summed E-state index contributed by atoms with van der Waals surface area (Å²) < 4.78 is 3.65. The number of fused-ring (bicyclic) bond motifs is 1. The van der Waals surface area contributed by atoms with Crippen molar-refractivity contribution in [2.24, 2.45) is 0 Å². The van der Waals surface area contributed by atoms with Crippen LogP contribution >= 0.6 is 15.9 Å². The van der Waals surface area contributed by atoms with Gasteiger partial charge in [0.1, 0.15) is 0 Å². The number of aryl methyl sites for hydroxylation is 1. The fourth-order valence-electron chi connectivity index (χ4n) is 3.90. The van der Waals surface area contributed by atoms with E-state index < -0.39 is 0 Å². The van der Waals surface area contributed by atoms with E-state index >= 15 is 0 Å². The van der Waals surface area contributed by atoms with Crippen LogP contribution in [0.3, 0.4) is 0 Å². The van der Waals surface area contributed by atoms with E-state index in [2.05, 4.69) is 87.0 Å². The molecule has 1 aromatic heterocycles. The van der Waals surface area contributed by atoms with Crippen molar-refractivity contribution in [2.45, 2.75) is 32.2 Å². The number of nitrogens with zero attached hydrogens (tertiary/aromatic N) is 2. The van der Waals surface area contributed by atoms with Crippen LogP contribution < -0.4 is 0 Å². The third-order valence-corrected chi connectivity index (χ3v) is 5.97. The third kappa shape index (κ3) is 3.83. The van der Waals surface area contributed by atoms with E-state index in [1.54, 1.807) is 0 Å². The Kier molecular flexibility index (Phi) is 4.96. The quantitative estimate of drug-likeness (QED) is 0.557. The summed E-state index contributed by atoms with van der Waals surface area (Å²) in [7, 11) is 0. The number of aromatic nitrogens is 1. The molecule has 0 saturated carbocycles.